The number of aryl methyl sites for hydroxylation is 1. The number of anilines is 1. The lowest BCUT2D eigenvalue weighted by molar-refractivity contribution is -0.150. The second kappa shape index (κ2) is 49.1. The number of rotatable bonds is 53. The Labute approximate surface area is 673 Å². The van der Waals surface area contributed by atoms with Gasteiger partial charge in [0.1, 0.15) is 66.7 Å². The summed E-state index contributed by atoms with van der Waals surface area (Å²) in [5.74, 6) is -27.7. The first-order valence-electron chi connectivity index (χ1n) is 37.1. The summed E-state index contributed by atoms with van der Waals surface area (Å²) in [6.07, 6.45) is 1.25. The molecule has 26 N–H and O–H groups in total. The van der Waals surface area contributed by atoms with E-state index in [4.69, 9.17) is 27.7 Å². The van der Waals surface area contributed by atoms with Crippen molar-refractivity contribution in [3.8, 4) is 0 Å². The molecule has 118 heavy (non-hydrogen) atoms. The third-order valence-corrected chi connectivity index (χ3v) is 17.5. The number of aromatic nitrogens is 1. The number of nitrogen functional groups attached to an aromatic ring is 1. The number of esters is 1. The number of H-pyrrole nitrogens is 1. The van der Waals surface area contributed by atoms with Crippen molar-refractivity contribution in [1.29, 1.82) is 0 Å². The van der Waals surface area contributed by atoms with Crippen LogP contribution in [-0.2, 0) is 104 Å². The number of aliphatic carboxylic acids is 4. The van der Waals surface area contributed by atoms with E-state index in [1.54, 1.807) is 54.7 Å². The smallest absolute Gasteiger partial charge is 0.329 e. The zero-order valence-electron chi connectivity index (χ0n) is 64.6. The van der Waals surface area contributed by atoms with E-state index in [2.05, 4.69) is 54.4 Å². The third kappa shape index (κ3) is 34.1. The minimum atomic E-state index is -2.38. The molecule has 0 saturated carbocycles. The quantitative estimate of drug-likeness (QED) is 0.00648. The molecule has 0 spiro atoms. The molecular weight excluding hydrogens is 1550 g/mol. The van der Waals surface area contributed by atoms with Gasteiger partial charge >= 0.3 is 29.8 Å². The standard InChI is InChI=1S/C75H99N17O26/c1-4-5-6-7-8-14-40-20-22-41(23-21-40)67(109)88-48(27-42-33-80-46-18-12-10-15-43(42)46)72(114)89-49(29-57(78)95)73(115)91-52(32-64(105)106)74(116)92-55(37-118-75(117)53(85-58(96)25-38(2)26-61(99)100)28-56(94)44-16-9-11-17-45(44)77)69(111)82-34-59(97)84-47(19-13-24-76)70(112)90-51(31-63(103)104)71(113)83-39(3)66(108)87-50(30-62(101)102)68(110)81-35-60(98)86-54(36-93)65(79)107/h9-12,15-18,20-23,29,33,38-39,47-48,50-55,80,93H,4-8,13-14,19,24-28,30-32,34-37,76-77H2,1-3H3,(H2,78,95)(H2,79,107)(H,81,110)(H,82,111)(H,83,113)(H,84,97)(H,85,96)(H,86,98)(H,87,108)(H,88,109)(H,89,114)(H,90,112)(H,91,115)(H,92,116)(H,99,100)(H,101,102)(H,103,104)(H,105,106)/b49-29+/t38-,39+,47-,48-,50-,51-,52-,53-,54+,55-/m0/s1. The topological polar surface area (TPSA) is 716 Å². The summed E-state index contributed by atoms with van der Waals surface area (Å²) in [4.78, 5) is 268. The van der Waals surface area contributed by atoms with Crippen molar-refractivity contribution >= 4 is 135 Å². The summed E-state index contributed by atoms with van der Waals surface area (Å²) in [5.41, 5.74) is 23.2. The number of carbonyl (C=O) groups excluding carboxylic acids is 16. The van der Waals surface area contributed by atoms with Crippen molar-refractivity contribution in [3.63, 3.8) is 0 Å². The Hall–Kier alpha value is -13.7. The molecule has 0 bridgehead atoms. The number of amides is 14. The molecular formula is C75H99N17O26. The first-order valence-corrected chi connectivity index (χ1v) is 37.1. The monoisotopic (exact) mass is 1650 g/mol. The van der Waals surface area contributed by atoms with Gasteiger partial charge in [-0.15, -0.1) is 0 Å². The number of nitrogens with one attached hydrogen (secondary N) is 13. The van der Waals surface area contributed by atoms with Crippen molar-refractivity contribution in [2.24, 2.45) is 23.1 Å². The first-order chi connectivity index (χ1) is 55.8. The predicted molar refractivity (Wildman–Crippen MR) is 413 cm³/mol. The number of fused-ring (bicyclic) bond motifs is 1. The van der Waals surface area contributed by atoms with Gasteiger partial charge < -0.3 is 122 Å². The fraction of sp³-hybridized carbons (Fsp3) is 0.440. The average Bonchev–Trinajstić information content (AvgIpc) is 1.76. The second-order valence-corrected chi connectivity index (χ2v) is 27.2. The summed E-state index contributed by atoms with van der Waals surface area (Å²) in [7, 11) is 0. The van der Waals surface area contributed by atoms with Crippen LogP contribution in [0.3, 0.4) is 0 Å². The Morgan fingerprint density at radius 1 is 0.508 bits per heavy atom. The molecule has 0 unspecified atom stereocenters. The molecule has 640 valence electrons. The van der Waals surface area contributed by atoms with Gasteiger partial charge in [0.25, 0.3) is 11.8 Å². The number of hydrogen-bond acceptors (Lipinski definition) is 24. The highest BCUT2D eigenvalue weighted by Gasteiger charge is 2.37. The lowest BCUT2D eigenvalue weighted by atomic mass is 10.0. The molecule has 4 rings (SSSR count). The fourth-order valence-corrected chi connectivity index (χ4v) is 11.4. The first kappa shape index (κ1) is 96.6. The number of primary amides is 2. The van der Waals surface area contributed by atoms with Crippen LogP contribution in [0.2, 0.25) is 0 Å². The molecule has 43 heteroatoms. The molecule has 0 aliphatic carbocycles. The largest absolute Gasteiger partial charge is 0.481 e. The summed E-state index contributed by atoms with van der Waals surface area (Å²) in [6.45, 7) is -0.197. The Bertz CT molecular complexity index is 4360. The predicted octanol–water partition coefficient (Wildman–Crippen LogP) is -4.82. The molecule has 0 radical (unpaired) electrons. The van der Waals surface area contributed by atoms with Gasteiger partial charge in [-0.25, -0.2) is 4.79 Å². The van der Waals surface area contributed by atoms with E-state index in [0.29, 0.717) is 22.5 Å². The highest BCUT2D eigenvalue weighted by atomic mass is 16.5. The zero-order chi connectivity index (χ0) is 87.9. The SMILES string of the molecule is CCCCCCCc1ccc(C(=O)N[C@@H](Cc2c[nH]c3ccccc23)C(=O)N/C(=C/C(N)=O)C(=O)N[C@@H](CC(=O)O)C(=O)N[C@@H](COC(=O)[C@H](CC(=O)c2ccccc2N)NC(=O)C[C@H](C)CC(=O)O)C(=O)NCC(=O)N[C@@H](CCCN)C(=O)N[C@@H](CC(=O)O)C(=O)N[C@H](C)C(=O)N[C@@H](CC(=O)O)C(=O)NCC(=O)N[C@H](CO)C(N)=O)cc1. The van der Waals surface area contributed by atoms with Crippen LogP contribution in [0.4, 0.5) is 5.69 Å². The van der Waals surface area contributed by atoms with Gasteiger partial charge in [-0.3, -0.25) is 91.1 Å². The van der Waals surface area contributed by atoms with E-state index in [1.165, 1.54) is 31.2 Å². The summed E-state index contributed by atoms with van der Waals surface area (Å²) in [5, 5.41) is 74.4. The molecule has 10 atom stereocenters. The Balaban J connectivity index is 1.67. The number of aliphatic hydroxyl groups excluding tert-OH is 1. The summed E-state index contributed by atoms with van der Waals surface area (Å²) in [6, 6.07) is 1.46. The van der Waals surface area contributed by atoms with Gasteiger partial charge in [0.2, 0.25) is 70.9 Å². The van der Waals surface area contributed by atoms with Crippen LogP contribution in [0.15, 0.2) is 90.8 Å². The third-order valence-electron chi connectivity index (χ3n) is 17.5. The van der Waals surface area contributed by atoms with Gasteiger partial charge in [0.05, 0.1) is 39.0 Å². The van der Waals surface area contributed by atoms with Gasteiger partial charge in [-0.05, 0) is 86.5 Å². The number of Topliss-reactive ketones (excluding diaryl/α,β-unsaturated/α-hetero) is 1. The maximum absolute atomic E-state index is 14.5. The number of aromatic amines is 1. The minimum absolute atomic E-state index is 0.0836. The van der Waals surface area contributed by atoms with Crippen LogP contribution >= 0.6 is 0 Å². The van der Waals surface area contributed by atoms with Crippen molar-refractivity contribution in [2.45, 2.75) is 171 Å². The molecule has 0 saturated heterocycles. The molecule has 1 heterocycles. The molecule has 43 nitrogen and oxygen atoms in total. The normalized spacial score (nSPS) is 13.6. The summed E-state index contributed by atoms with van der Waals surface area (Å²) >= 11 is 0. The van der Waals surface area contributed by atoms with Gasteiger partial charge in [0.15, 0.2) is 5.78 Å². The van der Waals surface area contributed by atoms with Gasteiger partial charge in [0, 0.05) is 65.7 Å². The molecule has 0 fully saturated rings. The van der Waals surface area contributed by atoms with E-state index in [0.717, 1.165) is 51.0 Å². The maximum Gasteiger partial charge on any atom is 0.329 e. The Morgan fingerprint density at radius 3 is 1.63 bits per heavy atom. The Morgan fingerprint density at radius 2 is 1.04 bits per heavy atom. The lowest BCUT2D eigenvalue weighted by Gasteiger charge is -2.25. The molecule has 14 amide bonds. The van der Waals surface area contributed by atoms with Crippen molar-refractivity contribution in [2.75, 3.05) is 38.6 Å². The zero-order valence-corrected chi connectivity index (χ0v) is 64.6. The van der Waals surface area contributed by atoms with Gasteiger partial charge in [-0.1, -0.05) is 82.0 Å². The van der Waals surface area contributed by atoms with Crippen molar-refractivity contribution in [1.82, 2.24) is 68.8 Å². The molecule has 1 aromatic heterocycles. The number of carboxylic acid groups (broad SMARTS) is 4. The number of carbonyl (C=O) groups is 20. The fourth-order valence-electron chi connectivity index (χ4n) is 11.4. The van der Waals surface area contributed by atoms with E-state index in [1.807, 2.05) is 21.3 Å². The molecule has 4 aromatic rings. The summed E-state index contributed by atoms with van der Waals surface area (Å²) < 4.78 is 5.43. The van der Waals surface area contributed by atoms with Crippen molar-refractivity contribution < 1.29 is 126 Å². The van der Waals surface area contributed by atoms with Crippen LogP contribution < -0.4 is 86.7 Å². The number of nitrogens with two attached hydrogens (primary N) is 4. The lowest BCUT2D eigenvalue weighted by Crippen LogP contribution is -2.59. The average molecular weight is 1650 g/mol. The minimum Gasteiger partial charge on any atom is -0.481 e. The van der Waals surface area contributed by atoms with Crippen LogP contribution in [-0.4, -0.2) is 236 Å². The van der Waals surface area contributed by atoms with Crippen LogP contribution in [0, 0.1) is 5.92 Å². The highest BCUT2D eigenvalue weighted by molar-refractivity contribution is 6.08. The number of benzene rings is 3. The van der Waals surface area contributed by atoms with E-state index in [9.17, 15) is 121 Å². The van der Waals surface area contributed by atoms with E-state index >= 15 is 0 Å². The Kier molecular flexibility index (Phi) is 40.2. The van der Waals surface area contributed by atoms with Crippen LogP contribution in [0.25, 0.3) is 10.9 Å². The second-order valence-electron chi connectivity index (χ2n) is 27.2. The maximum atomic E-state index is 14.5. The van der Waals surface area contributed by atoms with Crippen molar-refractivity contribution in [3.05, 3.63) is 113 Å². The number of ether oxygens (including phenoxy) is 1. The van der Waals surface area contributed by atoms with E-state index in [-0.39, 0.29) is 36.2 Å². The number of unbranched alkanes of at least 4 members (excludes halogenated alkanes) is 4. The number of carboxylic acids is 4. The van der Waals surface area contributed by atoms with E-state index < -0.39 is 256 Å². The number of ketones is 1. The van der Waals surface area contributed by atoms with Gasteiger partial charge in [-0.2, -0.15) is 0 Å². The van der Waals surface area contributed by atoms with Crippen LogP contribution in [0.5, 0.6) is 0 Å². The molecule has 0 aliphatic heterocycles. The number of hydrogen-bond donors (Lipinski definition) is 22. The van der Waals surface area contributed by atoms with Crippen LogP contribution in [0.1, 0.15) is 136 Å². The number of para-hydroxylation sites is 2. The highest BCUT2D eigenvalue weighted by Crippen LogP contribution is 2.21. The molecule has 3 aromatic carbocycles. The number of aliphatic hydroxyl groups is 1. The molecule has 0 aliphatic rings.